The molecule has 1 rings (SSSR count). The van der Waals surface area contributed by atoms with Crippen molar-refractivity contribution in [1.82, 2.24) is 10.3 Å². The number of aromatic nitrogens is 1. The second-order valence-electron chi connectivity index (χ2n) is 4.65. The molecule has 0 aliphatic rings. The highest BCUT2D eigenvalue weighted by atomic mass is 16.6. The van der Waals surface area contributed by atoms with Crippen LogP contribution in [-0.4, -0.2) is 16.7 Å². The summed E-state index contributed by atoms with van der Waals surface area (Å²) in [4.78, 5) is 15.5. The fourth-order valence-electron chi connectivity index (χ4n) is 1.20. The van der Waals surface area contributed by atoms with Gasteiger partial charge in [-0.25, -0.2) is 4.79 Å². The quantitative estimate of drug-likeness (QED) is 0.837. The molecule has 0 aliphatic carbocycles. The molecule has 1 atom stereocenters. The summed E-state index contributed by atoms with van der Waals surface area (Å²) in [6, 6.07) is 3.64. The lowest BCUT2D eigenvalue weighted by molar-refractivity contribution is 0.0508. The number of carbonyl (C=O) groups is 1. The van der Waals surface area contributed by atoms with E-state index >= 15 is 0 Å². The largest absolute Gasteiger partial charge is 0.444 e. The number of amides is 1. The number of carbonyl (C=O) groups excluding carboxylic acids is 1. The summed E-state index contributed by atoms with van der Waals surface area (Å²) in [7, 11) is 0. The highest BCUT2D eigenvalue weighted by molar-refractivity contribution is 5.68. The Balaban J connectivity index is 2.52. The molecule has 4 nitrogen and oxygen atoms in total. The average Bonchev–Trinajstić information content (AvgIpc) is 2.16. The molecule has 0 aromatic carbocycles. The van der Waals surface area contributed by atoms with E-state index in [0.717, 1.165) is 5.56 Å². The van der Waals surface area contributed by atoms with Gasteiger partial charge in [0.2, 0.25) is 0 Å². The summed E-state index contributed by atoms with van der Waals surface area (Å²) >= 11 is 0. The minimum absolute atomic E-state index is 0.108. The van der Waals surface area contributed by atoms with Crippen LogP contribution in [0.5, 0.6) is 0 Å². The Morgan fingerprint density at radius 2 is 2.19 bits per heavy atom. The fourth-order valence-corrected chi connectivity index (χ4v) is 1.20. The Morgan fingerprint density at radius 3 is 2.69 bits per heavy atom. The molecule has 4 heteroatoms. The molecular formula is C12H18N2O2. The molecular weight excluding hydrogens is 204 g/mol. The van der Waals surface area contributed by atoms with Gasteiger partial charge in [0.25, 0.3) is 0 Å². The normalized spacial score (nSPS) is 13.0. The zero-order valence-electron chi connectivity index (χ0n) is 10.2. The van der Waals surface area contributed by atoms with Crippen molar-refractivity contribution in [3.8, 4) is 0 Å². The molecule has 0 spiro atoms. The Morgan fingerprint density at radius 1 is 1.50 bits per heavy atom. The van der Waals surface area contributed by atoms with Crippen LogP contribution < -0.4 is 5.32 Å². The minimum Gasteiger partial charge on any atom is -0.444 e. The number of nitrogens with zero attached hydrogens (tertiary/aromatic N) is 1. The number of ether oxygens (including phenoxy) is 1. The van der Waals surface area contributed by atoms with Gasteiger partial charge in [0.05, 0.1) is 6.04 Å². The molecule has 1 aromatic heterocycles. The second-order valence-corrected chi connectivity index (χ2v) is 4.65. The van der Waals surface area contributed by atoms with Crippen LogP contribution in [0, 0.1) is 0 Å². The van der Waals surface area contributed by atoms with Crippen molar-refractivity contribution >= 4 is 6.09 Å². The predicted molar refractivity (Wildman–Crippen MR) is 62.0 cm³/mol. The van der Waals surface area contributed by atoms with E-state index in [1.165, 1.54) is 0 Å². The summed E-state index contributed by atoms with van der Waals surface area (Å²) in [5.74, 6) is 0. The Kier molecular flexibility index (Phi) is 3.88. The van der Waals surface area contributed by atoms with Crippen molar-refractivity contribution in [3.63, 3.8) is 0 Å². The van der Waals surface area contributed by atoms with Crippen molar-refractivity contribution in [3.05, 3.63) is 30.1 Å². The molecule has 16 heavy (non-hydrogen) atoms. The molecule has 1 aromatic rings. The molecule has 0 saturated heterocycles. The number of pyridine rings is 1. The van der Waals surface area contributed by atoms with E-state index in [0.29, 0.717) is 0 Å². The topological polar surface area (TPSA) is 51.2 Å². The van der Waals surface area contributed by atoms with Gasteiger partial charge < -0.3 is 10.1 Å². The van der Waals surface area contributed by atoms with Crippen LogP contribution in [0.2, 0.25) is 0 Å². The van der Waals surface area contributed by atoms with E-state index < -0.39 is 11.7 Å². The van der Waals surface area contributed by atoms with Crippen LogP contribution in [0.25, 0.3) is 0 Å². The Hall–Kier alpha value is -1.58. The average molecular weight is 222 g/mol. The summed E-state index contributed by atoms with van der Waals surface area (Å²) in [5, 5.41) is 2.75. The zero-order chi connectivity index (χ0) is 12.2. The second kappa shape index (κ2) is 4.96. The first kappa shape index (κ1) is 12.5. The van der Waals surface area contributed by atoms with Gasteiger partial charge in [-0.3, -0.25) is 4.98 Å². The first-order chi connectivity index (χ1) is 7.38. The maximum atomic E-state index is 11.5. The van der Waals surface area contributed by atoms with Gasteiger partial charge >= 0.3 is 6.09 Å². The lowest BCUT2D eigenvalue weighted by Gasteiger charge is -2.21. The van der Waals surface area contributed by atoms with E-state index in [-0.39, 0.29) is 6.04 Å². The molecule has 88 valence electrons. The predicted octanol–water partition coefficient (Wildman–Crippen LogP) is 2.67. The van der Waals surface area contributed by atoms with E-state index in [1.807, 2.05) is 39.8 Å². The lowest BCUT2D eigenvalue weighted by atomic mass is 10.1. The van der Waals surface area contributed by atoms with Crippen LogP contribution in [0.1, 0.15) is 39.3 Å². The molecule has 1 amide bonds. The highest BCUT2D eigenvalue weighted by Gasteiger charge is 2.18. The van der Waals surface area contributed by atoms with Gasteiger partial charge in [-0.2, -0.15) is 0 Å². The highest BCUT2D eigenvalue weighted by Crippen LogP contribution is 2.12. The number of nitrogens with one attached hydrogen (secondary N) is 1. The first-order valence-electron chi connectivity index (χ1n) is 5.28. The Bertz CT molecular complexity index is 344. The number of rotatable bonds is 2. The smallest absolute Gasteiger partial charge is 0.408 e. The molecule has 0 bridgehead atoms. The maximum Gasteiger partial charge on any atom is 0.408 e. The molecule has 0 saturated carbocycles. The number of hydrogen-bond acceptors (Lipinski definition) is 3. The van der Waals surface area contributed by atoms with Gasteiger partial charge in [0.1, 0.15) is 5.60 Å². The standard InChI is InChI=1S/C12H18N2O2/c1-9(10-6-5-7-13-8-10)14-11(15)16-12(2,3)4/h5-9H,1-4H3,(H,14,15). The SMILES string of the molecule is CC(NC(=O)OC(C)(C)C)c1cccnc1. The molecule has 0 aliphatic heterocycles. The summed E-state index contributed by atoms with van der Waals surface area (Å²) in [6.45, 7) is 7.39. The lowest BCUT2D eigenvalue weighted by Crippen LogP contribution is -2.34. The van der Waals surface area contributed by atoms with Crippen LogP contribution >= 0.6 is 0 Å². The van der Waals surface area contributed by atoms with Crippen molar-refractivity contribution in [2.75, 3.05) is 0 Å². The summed E-state index contributed by atoms with van der Waals surface area (Å²) < 4.78 is 5.16. The summed E-state index contributed by atoms with van der Waals surface area (Å²) in [5.41, 5.74) is 0.479. The van der Waals surface area contributed by atoms with Gasteiger partial charge in [-0.15, -0.1) is 0 Å². The van der Waals surface area contributed by atoms with E-state index in [4.69, 9.17) is 4.74 Å². The Labute approximate surface area is 96.0 Å². The van der Waals surface area contributed by atoms with Crippen molar-refractivity contribution in [2.24, 2.45) is 0 Å². The van der Waals surface area contributed by atoms with Crippen molar-refractivity contribution in [2.45, 2.75) is 39.3 Å². The van der Waals surface area contributed by atoms with Crippen LogP contribution in [0.15, 0.2) is 24.5 Å². The molecule has 1 unspecified atom stereocenters. The van der Waals surface area contributed by atoms with Gasteiger partial charge in [-0.1, -0.05) is 6.07 Å². The maximum absolute atomic E-state index is 11.5. The van der Waals surface area contributed by atoms with E-state index in [2.05, 4.69) is 10.3 Å². The third-order valence-corrected chi connectivity index (χ3v) is 1.92. The first-order valence-corrected chi connectivity index (χ1v) is 5.28. The van der Waals surface area contributed by atoms with Crippen molar-refractivity contribution < 1.29 is 9.53 Å². The van der Waals surface area contributed by atoms with E-state index in [9.17, 15) is 4.79 Å². The minimum atomic E-state index is -0.473. The zero-order valence-corrected chi connectivity index (χ0v) is 10.2. The van der Waals surface area contributed by atoms with Gasteiger partial charge in [0, 0.05) is 12.4 Å². The molecule has 1 N–H and O–H groups in total. The van der Waals surface area contributed by atoms with Crippen LogP contribution in [0.3, 0.4) is 0 Å². The number of hydrogen-bond donors (Lipinski definition) is 1. The van der Waals surface area contributed by atoms with Gasteiger partial charge in [0.15, 0.2) is 0 Å². The van der Waals surface area contributed by atoms with E-state index in [1.54, 1.807) is 12.4 Å². The van der Waals surface area contributed by atoms with Crippen LogP contribution in [0.4, 0.5) is 4.79 Å². The molecule has 0 fully saturated rings. The van der Waals surface area contributed by atoms with Gasteiger partial charge in [-0.05, 0) is 39.3 Å². The third kappa shape index (κ3) is 4.29. The fraction of sp³-hybridized carbons (Fsp3) is 0.500. The number of alkyl carbamates (subject to hydrolysis) is 1. The molecule has 1 heterocycles. The monoisotopic (exact) mass is 222 g/mol. The van der Waals surface area contributed by atoms with Crippen molar-refractivity contribution in [1.29, 1.82) is 0 Å². The third-order valence-electron chi connectivity index (χ3n) is 1.92. The molecule has 0 radical (unpaired) electrons. The summed E-state index contributed by atoms with van der Waals surface area (Å²) in [6.07, 6.45) is 3.01. The van der Waals surface area contributed by atoms with Crippen LogP contribution in [-0.2, 0) is 4.74 Å².